The van der Waals surface area contributed by atoms with Gasteiger partial charge in [-0.05, 0) is 37.6 Å². The van der Waals surface area contributed by atoms with Gasteiger partial charge < -0.3 is 14.7 Å². The summed E-state index contributed by atoms with van der Waals surface area (Å²) in [4.78, 5) is 15.0. The molecule has 1 saturated heterocycles. The van der Waals surface area contributed by atoms with Gasteiger partial charge in [-0.2, -0.15) is 0 Å². The fourth-order valence-corrected chi connectivity index (χ4v) is 3.23. The van der Waals surface area contributed by atoms with Crippen molar-refractivity contribution in [1.29, 1.82) is 0 Å². The summed E-state index contributed by atoms with van der Waals surface area (Å²) in [6, 6.07) is 18.1. The first-order chi connectivity index (χ1) is 11.6. The topological polar surface area (TPSA) is 49.8 Å². The Labute approximate surface area is 142 Å². The van der Waals surface area contributed by atoms with Crippen LogP contribution in [0.2, 0.25) is 0 Å². The van der Waals surface area contributed by atoms with Crippen molar-refractivity contribution in [2.45, 2.75) is 24.5 Å². The van der Waals surface area contributed by atoms with Crippen LogP contribution in [0.3, 0.4) is 0 Å². The van der Waals surface area contributed by atoms with Crippen LogP contribution in [0.25, 0.3) is 0 Å². The third-order valence-corrected chi connectivity index (χ3v) is 4.76. The van der Waals surface area contributed by atoms with E-state index < -0.39 is 11.6 Å². The summed E-state index contributed by atoms with van der Waals surface area (Å²) >= 11 is 0. The fraction of sp³-hybridized carbons (Fsp3) is 0.350. The predicted molar refractivity (Wildman–Crippen MR) is 92.5 cm³/mol. The van der Waals surface area contributed by atoms with Crippen LogP contribution in [-0.2, 0) is 15.1 Å². The monoisotopic (exact) mass is 325 g/mol. The van der Waals surface area contributed by atoms with Crippen LogP contribution in [0.5, 0.6) is 0 Å². The lowest BCUT2D eigenvalue weighted by Gasteiger charge is -2.28. The normalized spacial score (nSPS) is 18.5. The maximum absolute atomic E-state index is 12.8. The van der Waals surface area contributed by atoms with Crippen molar-refractivity contribution in [3.63, 3.8) is 0 Å². The zero-order chi connectivity index (χ0) is 17.0. The molecule has 0 aromatic heterocycles. The molecular formula is C20H23NO3. The Morgan fingerprint density at radius 2 is 1.67 bits per heavy atom. The van der Waals surface area contributed by atoms with Crippen LogP contribution in [0, 0.1) is 0 Å². The van der Waals surface area contributed by atoms with Gasteiger partial charge in [0.1, 0.15) is 6.61 Å². The molecule has 0 radical (unpaired) electrons. The van der Waals surface area contributed by atoms with Gasteiger partial charge in [-0.15, -0.1) is 0 Å². The second-order valence-corrected chi connectivity index (χ2v) is 6.32. The van der Waals surface area contributed by atoms with Crippen molar-refractivity contribution in [2.75, 3.05) is 20.2 Å². The minimum absolute atomic E-state index is 0.227. The van der Waals surface area contributed by atoms with Gasteiger partial charge >= 0.3 is 5.97 Å². The Kier molecular flexibility index (Phi) is 4.97. The van der Waals surface area contributed by atoms with E-state index in [2.05, 4.69) is 4.90 Å². The summed E-state index contributed by atoms with van der Waals surface area (Å²) in [5.74, 6) is -0.625. The molecule has 126 valence electrons. The van der Waals surface area contributed by atoms with E-state index >= 15 is 0 Å². The van der Waals surface area contributed by atoms with Gasteiger partial charge in [0.15, 0.2) is 0 Å². The molecule has 24 heavy (non-hydrogen) atoms. The molecule has 1 N–H and O–H groups in total. The number of benzene rings is 2. The van der Waals surface area contributed by atoms with Gasteiger partial charge in [0.05, 0.1) is 0 Å². The van der Waals surface area contributed by atoms with E-state index in [-0.39, 0.29) is 6.04 Å². The molecule has 1 atom stereocenters. The first-order valence-corrected chi connectivity index (χ1v) is 8.33. The third kappa shape index (κ3) is 3.21. The fourth-order valence-electron chi connectivity index (χ4n) is 3.23. The molecule has 2 aromatic rings. The highest BCUT2D eigenvalue weighted by molar-refractivity contribution is 5.85. The lowest BCUT2D eigenvalue weighted by Crippen LogP contribution is -2.41. The van der Waals surface area contributed by atoms with Crippen molar-refractivity contribution in [1.82, 2.24) is 4.90 Å². The van der Waals surface area contributed by atoms with E-state index in [1.165, 1.54) is 0 Å². The van der Waals surface area contributed by atoms with E-state index in [1.54, 1.807) is 48.5 Å². The maximum Gasteiger partial charge on any atom is 0.347 e. The molecule has 2 aromatic carbocycles. The average Bonchev–Trinajstić information content (AvgIpc) is 3.05. The molecule has 1 heterocycles. The zero-order valence-corrected chi connectivity index (χ0v) is 13.9. The minimum atomic E-state index is -1.79. The summed E-state index contributed by atoms with van der Waals surface area (Å²) in [6.45, 7) is 1.32. The number of aliphatic hydroxyl groups is 1. The van der Waals surface area contributed by atoms with Gasteiger partial charge in [0.25, 0.3) is 0 Å². The number of likely N-dealkylation sites (N-methyl/N-ethyl adjacent to an activating group) is 1. The van der Waals surface area contributed by atoms with E-state index in [0.29, 0.717) is 17.7 Å². The SMILES string of the molecule is CN1CCC[C@@H]1COC(=O)C(O)(c1ccccc1)c1ccccc1. The second-order valence-electron chi connectivity index (χ2n) is 6.32. The zero-order valence-electron chi connectivity index (χ0n) is 13.9. The summed E-state index contributed by atoms with van der Waals surface area (Å²) < 4.78 is 5.54. The Morgan fingerprint density at radius 1 is 1.12 bits per heavy atom. The lowest BCUT2D eigenvalue weighted by atomic mass is 9.86. The Hall–Kier alpha value is -2.17. The first kappa shape index (κ1) is 16.7. The highest BCUT2D eigenvalue weighted by Crippen LogP contribution is 2.31. The Bertz CT molecular complexity index is 632. The molecular weight excluding hydrogens is 302 g/mol. The molecule has 0 aliphatic carbocycles. The number of ether oxygens (including phenoxy) is 1. The number of likely N-dealkylation sites (tertiary alicyclic amines) is 1. The number of hydrogen-bond donors (Lipinski definition) is 1. The molecule has 4 heteroatoms. The van der Waals surface area contributed by atoms with Crippen LogP contribution in [-0.4, -0.2) is 42.2 Å². The van der Waals surface area contributed by atoms with Crippen molar-refractivity contribution >= 4 is 5.97 Å². The predicted octanol–water partition coefficient (Wildman–Crippen LogP) is 2.56. The molecule has 0 amide bonds. The van der Waals surface area contributed by atoms with Crippen LogP contribution in [0.1, 0.15) is 24.0 Å². The molecule has 1 aliphatic heterocycles. The van der Waals surface area contributed by atoms with Crippen LogP contribution in [0.4, 0.5) is 0 Å². The molecule has 0 saturated carbocycles. The van der Waals surface area contributed by atoms with Gasteiger partial charge in [-0.1, -0.05) is 60.7 Å². The average molecular weight is 325 g/mol. The molecule has 0 spiro atoms. The van der Waals surface area contributed by atoms with Gasteiger partial charge in [-0.25, -0.2) is 4.79 Å². The smallest absolute Gasteiger partial charge is 0.347 e. The van der Waals surface area contributed by atoms with Crippen molar-refractivity contribution in [2.24, 2.45) is 0 Å². The van der Waals surface area contributed by atoms with Crippen LogP contribution < -0.4 is 0 Å². The van der Waals surface area contributed by atoms with E-state index in [0.717, 1.165) is 19.4 Å². The van der Waals surface area contributed by atoms with Crippen LogP contribution in [0.15, 0.2) is 60.7 Å². The lowest BCUT2D eigenvalue weighted by molar-refractivity contribution is -0.163. The minimum Gasteiger partial charge on any atom is -0.461 e. The molecule has 4 nitrogen and oxygen atoms in total. The largest absolute Gasteiger partial charge is 0.461 e. The standard InChI is InChI=1S/C20H23NO3/c1-21-14-8-13-18(21)15-24-19(22)20(23,16-9-4-2-5-10-16)17-11-6-3-7-12-17/h2-7,9-12,18,23H,8,13-15H2,1H3/t18-/m1/s1. The first-order valence-electron chi connectivity index (χ1n) is 8.33. The van der Waals surface area contributed by atoms with E-state index in [1.807, 2.05) is 19.2 Å². The van der Waals surface area contributed by atoms with Gasteiger partial charge in [0, 0.05) is 6.04 Å². The van der Waals surface area contributed by atoms with Crippen LogP contribution >= 0.6 is 0 Å². The molecule has 0 unspecified atom stereocenters. The number of nitrogens with zero attached hydrogens (tertiary/aromatic N) is 1. The number of esters is 1. The van der Waals surface area contributed by atoms with Crippen molar-refractivity contribution in [3.05, 3.63) is 71.8 Å². The third-order valence-electron chi connectivity index (χ3n) is 4.76. The number of rotatable bonds is 5. The summed E-state index contributed by atoms with van der Waals surface area (Å²) in [5.41, 5.74) is -0.762. The molecule has 0 bridgehead atoms. The van der Waals surface area contributed by atoms with E-state index in [4.69, 9.17) is 4.74 Å². The highest BCUT2D eigenvalue weighted by atomic mass is 16.6. The van der Waals surface area contributed by atoms with Gasteiger partial charge in [0.2, 0.25) is 5.60 Å². The number of carbonyl (C=O) groups is 1. The highest BCUT2D eigenvalue weighted by Gasteiger charge is 2.42. The van der Waals surface area contributed by atoms with E-state index in [9.17, 15) is 9.90 Å². The summed E-state index contributed by atoms with van der Waals surface area (Å²) in [5, 5.41) is 11.3. The quantitative estimate of drug-likeness (QED) is 0.859. The summed E-state index contributed by atoms with van der Waals surface area (Å²) in [6.07, 6.45) is 2.12. The molecule has 1 fully saturated rings. The second kappa shape index (κ2) is 7.16. The Morgan fingerprint density at radius 3 is 2.12 bits per heavy atom. The van der Waals surface area contributed by atoms with Crippen molar-refractivity contribution < 1.29 is 14.6 Å². The molecule has 1 aliphatic rings. The van der Waals surface area contributed by atoms with Crippen molar-refractivity contribution in [3.8, 4) is 0 Å². The maximum atomic E-state index is 12.8. The molecule has 3 rings (SSSR count). The Balaban J connectivity index is 1.86. The number of carbonyl (C=O) groups excluding carboxylic acids is 1. The summed E-state index contributed by atoms with van der Waals surface area (Å²) in [7, 11) is 2.03. The number of hydrogen-bond acceptors (Lipinski definition) is 4. The van der Waals surface area contributed by atoms with Gasteiger partial charge in [-0.3, -0.25) is 0 Å².